The summed E-state index contributed by atoms with van der Waals surface area (Å²) in [4.78, 5) is 4.81. The lowest BCUT2D eigenvalue weighted by molar-refractivity contribution is 0.491. The van der Waals surface area contributed by atoms with Gasteiger partial charge in [-0.05, 0) is 51.5 Å². The Morgan fingerprint density at radius 2 is 1.81 bits per heavy atom. The van der Waals surface area contributed by atoms with Crippen LogP contribution in [0.15, 0.2) is 58.5 Å². The first-order valence-electron chi connectivity index (χ1n) is 10.1. The van der Waals surface area contributed by atoms with E-state index in [1.165, 1.54) is 0 Å². The minimum Gasteiger partial charge on any atom is -0.357 e. The topological polar surface area (TPSA) is 113 Å². The molecule has 1 aromatic carbocycles. The highest BCUT2D eigenvalue weighted by Gasteiger charge is 2.24. The molecule has 0 radical (unpaired) electrons. The molecule has 3 rings (SSSR count). The van der Waals surface area contributed by atoms with E-state index in [9.17, 15) is 8.42 Å². The van der Waals surface area contributed by atoms with Crippen LogP contribution in [-0.2, 0) is 23.1 Å². The van der Waals surface area contributed by atoms with Crippen LogP contribution in [-0.4, -0.2) is 41.1 Å². The number of aromatic nitrogens is 3. The van der Waals surface area contributed by atoms with Gasteiger partial charge in [0.1, 0.15) is 0 Å². The van der Waals surface area contributed by atoms with Crippen molar-refractivity contribution in [3.05, 3.63) is 60.0 Å². The van der Waals surface area contributed by atoms with Gasteiger partial charge in [-0.3, -0.25) is 4.40 Å². The van der Waals surface area contributed by atoms with Gasteiger partial charge in [0.15, 0.2) is 17.4 Å². The third-order valence-electron chi connectivity index (χ3n) is 4.25. The van der Waals surface area contributed by atoms with Gasteiger partial charge in [0.05, 0.1) is 18.0 Å². The number of sulfonamides is 1. The van der Waals surface area contributed by atoms with Gasteiger partial charge in [-0.15, -0.1) is 10.2 Å². The van der Waals surface area contributed by atoms with Gasteiger partial charge in [-0.25, -0.2) is 18.1 Å². The molecule has 0 aliphatic heterocycles. The van der Waals surface area contributed by atoms with Gasteiger partial charge in [-0.2, -0.15) is 0 Å². The van der Waals surface area contributed by atoms with Gasteiger partial charge < -0.3 is 10.6 Å². The summed E-state index contributed by atoms with van der Waals surface area (Å²) >= 11 is 0. The largest absolute Gasteiger partial charge is 0.357 e. The quantitative estimate of drug-likeness (QED) is 0.381. The number of rotatable bonds is 7. The van der Waals surface area contributed by atoms with Crippen LogP contribution in [0.1, 0.15) is 39.1 Å². The second-order valence-electron chi connectivity index (χ2n) is 8.06. The zero-order valence-electron chi connectivity index (χ0n) is 18.3. The number of benzene rings is 1. The Kier molecular flexibility index (Phi) is 6.91. The molecule has 0 saturated carbocycles. The van der Waals surface area contributed by atoms with E-state index in [1.807, 2.05) is 62.6 Å². The molecule has 0 fully saturated rings. The van der Waals surface area contributed by atoms with E-state index in [0.717, 1.165) is 11.5 Å². The number of hydrogen-bond donors (Lipinski definition) is 3. The highest BCUT2D eigenvalue weighted by molar-refractivity contribution is 7.89. The lowest BCUT2D eigenvalue weighted by Gasteiger charge is -2.21. The average Bonchev–Trinajstić information content (AvgIpc) is 3.12. The molecule has 9 nitrogen and oxygen atoms in total. The van der Waals surface area contributed by atoms with Crippen molar-refractivity contribution in [3.8, 4) is 0 Å². The maximum Gasteiger partial charge on any atom is 0.241 e. The van der Waals surface area contributed by atoms with E-state index in [1.54, 1.807) is 18.2 Å². The SMILES string of the molecule is CCNC(=NCc1ccccc1S(=O)(=O)NC(C)(C)C)NCc1nnc2ccccn12. The van der Waals surface area contributed by atoms with E-state index in [0.29, 0.717) is 24.6 Å². The van der Waals surface area contributed by atoms with E-state index in [-0.39, 0.29) is 11.4 Å². The summed E-state index contributed by atoms with van der Waals surface area (Å²) in [5.41, 5.74) is 0.809. The van der Waals surface area contributed by atoms with Crippen molar-refractivity contribution in [2.75, 3.05) is 6.54 Å². The Bertz CT molecular complexity index is 1160. The summed E-state index contributed by atoms with van der Waals surface area (Å²) < 4.78 is 30.3. The van der Waals surface area contributed by atoms with Crippen LogP contribution in [0.5, 0.6) is 0 Å². The number of fused-ring (bicyclic) bond motifs is 1. The van der Waals surface area contributed by atoms with Crippen LogP contribution in [0, 0.1) is 0 Å². The molecule has 0 spiro atoms. The monoisotopic (exact) mass is 443 g/mol. The summed E-state index contributed by atoms with van der Waals surface area (Å²) in [7, 11) is -3.66. The maximum absolute atomic E-state index is 12.8. The smallest absolute Gasteiger partial charge is 0.241 e. The van der Waals surface area contributed by atoms with Crippen LogP contribution in [0.4, 0.5) is 0 Å². The summed E-state index contributed by atoms with van der Waals surface area (Å²) in [5.74, 6) is 1.31. The highest BCUT2D eigenvalue weighted by Crippen LogP contribution is 2.18. The Morgan fingerprint density at radius 1 is 1.06 bits per heavy atom. The van der Waals surface area contributed by atoms with E-state index in [4.69, 9.17) is 0 Å². The molecule has 166 valence electrons. The number of pyridine rings is 1. The first kappa shape index (κ1) is 22.7. The zero-order chi connectivity index (χ0) is 22.5. The van der Waals surface area contributed by atoms with E-state index >= 15 is 0 Å². The summed E-state index contributed by atoms with van der Waals surface area (Å²) in [6.45, 7) is 8.69. The van der Waals surface area contributed by atoms with Crippen molar-refractivity contribution in [3.63, 3.8) is 0 Å². The molecule has 0 atom stereocenters. The van der Waals surface area contributed by atoms with Crippen LogP contribution in [0.3, 0.4) is 0 Å². The molecule has 0 aliphatic carbocycles. The van der Waals surface area contributed by atoms with Gasteiger partial charge in [-0.1, -0.05) is 24.3 Å². The van der Waals surface area contributed by atoms with Crippen LogP contribution in [0.2, 0.25) is 0 Å². The van der Waals surface area contributed by atoms with E-state index < -0.39 is 15.6 Å². The van der Waals surface area contributed by atoms with Crippen molar-refractivity contribution in [1.29, 1.82) is 0 Å². The Labute approximate surface area is 183 Å². The standard InChI is InChI=1S/C21H29N7O2S/c1-5-22-20(24-15-19-26-25-18-12-8-9-13-28(18)19)23-14-16-10-6-7-11-17(16)31(29,30)27-21(2,3)4/h6-13,27H,5,14-15H2,1-4H3,(H2,22,23,24). The third-order valence-corrected chi connectivity index (χ3v) is 6.11. The minimum absolute atomic E-state index is 0.205. The van der Waals surface area contributed by atoms with Crippen molar-refractivity contribution < 1.29 is 8.42 Å². The fourth-order valence-electron chi connectivity index (χ4n) is 3.03. The van der Waals surface area contributed by atoms with Gasteiger partial charge in [0, 0.05) is 18.3 Å². The van der Waals surface area contributed by atoms with Crippen molar-refractivity contribution in [2.24, 2.45) is 4.99 Å². The predicted molar refractivity (Wildman–Crippen MR) is 121 cm³/mol. The van der Waals surface area contributed by atoms with E-state index in [2.05, 4.69) is 30.5 Å². The Balaban J connectivity index is 1.78. The first-order valence-corrected chi connectivity index (χ1v) is 11.6. The molecule has 3 N–H and O–H groups in total. The van der Waals surface area contributed by atoms with Crippen LogP contribution in [0.25, 0.3) is 5.65 Å². The highest BCUT2D eigenvalue weighted by atomic mass is 32.2. The number of nitrogens with one attached hydrogen (secondary N) is 3. The lowest BCUT2D eigenvalue weighted by Crippen LogP contribution is -2.40. The predicted octanol–water partition coefficient (Wildman–Crippen LogP) is 2.06. The summed E-state index contributed by atoms with van der Waals surface area (Å²) in [5, 5.41) is 14.8. The number of aliphatic imine (C=N–C) groups is 1. The van der Waals surface area contributed by atoms with Crippen LogP contribution >= 0.6 is 0 Å². The molecular weight excluding hydrogens is 414 g/mol. The molecule has 31 heavy (non-hydrogen) atoms. The molecule has 0 aliphatic rings. The maximum atomic E-state index is 12.8. The van der Waals surface area contributed by atoms with Gasteiger partial charge in [0.2, 0.25) is 10.0 Å². The summed E-state index contributed by atoms with van der Waals surface area (Å²) in [6.07, 6.45) is 1.90. The van der Waals surface area contributed by atoms with Crippen LogP contribution < -0.4 is 15.4 Å². The molecule has 0 bridgehead atoms. The fourth-order valence-corrected chi connectivity index (χ4v) is 4.69. The van der Waals surface area contributed by atoms with Crippen molar-refractivity contribution >= 4 is 21.6 Å². The molecule has 0 saturated heterocycles. The molecule has 2 aromatic heterocycles. The molecule has 3 aromatic rings. The van der Waals surface area contributed by atoms with Crippen molar-refractivity contribution in [1.82, 2.24) is 30.0 Å². The molecule has 2 heterocycles. The number of nitrogens with zero attached hydrogens (tertiary/aromatic N) is 4. The normalized spacial score (nSPS) is 12.8. The lowest BCUT2D eigenvalue weighted by atomic mass is 10.1. The summed E-state index contributed by atoms with van der Waals surface area (Å²) in [6, 6.07) is 12.6. The molecular formula is C21H29N7O2S. The van der Waals surface area contributed by atoms with Crippen molar-refractivity contribution in [2.45, 2.75) is 51.2 Å². The molecule has 10 heteroatoms. The minimum atomic E-state index is -3.66. The number of hydrogen-bond acceptors (Lipinski definition) is 5. The second-order valence-corrected chi connectivity index (χ2v) is 9.71. The third kappa shape index (κ3) is 6.02. The van der Waals surface area contributed by atoms with Gasteiger partial charge >= 0.3 is 0 Å². The average molecular weight is 444 g/mol. The second kappa shape index (κ2) is 9.44. The first-order chi connectivity index (χ1) is 14.7. The fraction of sp³-hybridized carbons (Fsp3) is 0.381. The Hall–Kier alpha value is -2.98. The van der Waals surface area contributed by atoms with Gasteiger partial charge in [0.25, 0.3) is 0 Å². The molecule has 0 unspecified atom stereocenters. The number of guanidine groups is 1. The zero-order valence-corrected chi connectivity index (χ0v) is 19.1. The Morgan fingerprint density at radius 3 is 2.55 bits per heavy atom. The molecule has 0 amide bonds.